The topological polar surface area (TPSA) is 60.0 Å². The Labute approximate surface area is 193 Å². The second-order valence-corrected chi connectivity index (χ2v) is 7.84. The summed E-state index contributed by atoms with van der Waals surface area (Å²) < 4.78 is 0. The van der Waals surface area contributed by atoms with Crippen molar-refractivity contribution in [3.8, 4) is 0 Å². The van der Waals surface area contributed by atoms with Crippen molar-refractivity contribution in [3.63, 3.8) is 0 Å². The van der Waals surface area contributed by atoms with E-state index in [1.807, 2.05) is 18.2 Å². The number of amides is 1. The number of likely N-dealkylation sites (N-methyl/N-ethyl adjacent to an activating group) is 1. The fourth-order valence-corrected chi connectivity index (χ4v) is 3.33. The van der Waals surface area contributed by atoms with Crippen LogP contribution in [0.2, 0.25) is 0 Å². The first-order chi connectivity index (χ1) is 13.5. The number of rotatable bonds is 8. The van der Waals surface area contributed by atoms with Gasteiger partial charge >= 0.3 is 0 Å². The average Bonchev–Trinajstić information content (AvgIpc) is 2.71. The minimum Gasteiger partial charge on any atom is -0.354 e. The Morgan fingerprint density at radius 1 is 1.24 bits per heavy atom. The highest BCUT2D eigenvalue weighted by molar-refractivity contribution is 14.0. The van der Waals surface area contributed by atoms with E-state index >= 15 is 0 Å². The number of nitrogens with one attached hydrogen (secondary N) is 2. The van der Waals surface area contributed by atoms with Crippen molar-refractivity contribution in [3.05, 3.63) is 35.9 Å². The summed E-state index contributed by atoms with van der Waals surface area (Å²) in [5.74, 6) is 0.724. The maximum atomic E-state index is 12.0. The summed E-state index contributed by atoms with van der Waals surface area (Å²) in [6.45, 7) is 7.95. The fraction of sp³-hybridized carbons (Fsp3) is 0.636. The molecule has 0 saturated carbocycles. The molecule has 29 heavy (non-hydrogen) atoms. The molecule has 2 N–H and O–H groups in total. The first-order valence-corrected chi connectivity index (χ1v) is 10.5. The maximum Gasteiger partial charge on any atom is 0.243 e. The number of aliphatic imine (C=N–C) groups is 1. The van der Waals surface area contributed by atoms with E-state index in [4.69, 9.17) is 0 Å². The lowest BCUT2D eigenvalue weighted by Crippen LogP contribution is -2.49. The van der Waals surface area contributed by atoms with E-state index in [1.54, 1.807) is 19.0 Å². The predicted molar refractivity (Wildman–Crippen MR) is 132 cm³/mol. The van der Waals surface area contributed by atoms with Crippen molar-refractivity contribution < 1.29 is 4.79 Å². The van der Waals surface area contributed by atoms with Crippen molar-refractivity contribution >= 4 is 35.8 Å². The zero-order chi connectivity index (χ0) is 20.4. The Hall–Kier alpha value is -1.35. The van der Waals surface area contributed by atoms with E-state index in [0.29, 0.717) is 6.04 Å². The number of carbonyl (C=O) groups excluding carboxylic acids is 1. The van der Waals surface area contributed by atoms with Crippen molar-refractivity contribution in [1.82, 2.24) is 20.4 Å². The van der Waals surface area contributed by atoms with E-state index in [9.17, 15) is 4.79 Å². The van der Waals surface area contributed by atoms with E-state index in [2.05, 4.69) is 46.5 Å². The molecule has 1 heterocycles. The molecule has 1 aliphatic heterocycles. The van der Waals surface area contributed by atoms with Crippen LogP contribution in [-0.2, 0) is 4.79 Å². The largest absolute Gasteiger partial charge is 0.354 e. The molecule has 0 aromatic heterocycles. The normalized spacial score (nSPS) is 16.6. The maximum absolute atomic E-state index is 12.0. The van der Waals surface area contributed by atoms with Gasteiger partial charge in [0.15, 0.2) is 5.96 Å². The van der Waals surface area contributed by atoms with Crippen LogP contribution in [0.15, 0.2) is 35.3 Å². The van der Waals surface area contributed by atoms with Crippen molar-refractivity contribution in [1.29, 1.82) is 0 Å². The standard InChI is InChI=1S/C22H37N5O.HI/c1-5-6-14-27-15-12-20(13-16-27)25-22(23-17-21(28)26(3)4)24-18(2)19-10-8-7-9-11-19;/h7-11,18,20H,5-6,12-17H2,1-4H3,(H2,23,24,25);1H. The lowest BCUT2D eigenvalue weighted by molar-refractivity contribution is -0.127. The first kappa shape index (κ1) is 25.7. The number of guanidine groups is 1. The van der Waals surface area contributed by atoms with Gasteiger partial charge in [-0.05, 0) is 38.3 Å². The lowest BCUT2D eigenvalue weighted by Gasteiger charge is -2.33. The van der Waals surface area contributed by atoms with Crippen LogP contribution in [0.5, 0.6) is 0 Å². The number of hydrogen-bond acceptors (Lipinski definition) is 3. The van der Waals surface area contributed by atoms with Gasteiger partial charge in [-0.25, -0.2) is 4.99 Å². The highest BCUT2D eigenvalue weighted by Gasteiger charge is 2.20. The van der Waals surface area contributed by atoms with Gasteiger partial charge in [0.25, 0.3) is 0 Å². The monoisotopic (exact) mass is 515 g/mol. The number of benzene rings is 1. The number of piperidine rings is 1. The molecule has 1 unspecified atom stereocenters. The molecule has 2 rings (SSSR count). The van der Waals surface area contributed by atoms with Gasteiger partial charge in [-0.1, -0.05) is 43.7 Å². The molecule has 7 heteroatoms. The second kappa shape index (κ2) is 13.8. The van der Waals surface area contributed by atoms with Crippen LogP contribution in [0, 0.1) is 0 Å². The molecule has 1 aromatic rings. The highest BCUT2D eigenvalue weighted by Crippen LogP contribution is 2.13. The Morgan fingerprint density at radius 3 is 2.48 bits per heavy atom. The smallest absolute Gasteiger partial charge is 0.243 e. The third-order valence-electron chi connectivity index (χ3n) is 5.28. The summed E-state index contributed by atoms with van der Waals surface area (Å²) in [5.41, 5.74) is 1.20. The molecular weight excluding hydrogens is 477 g/mol. The molecule has 0 aliphatic carbocycles. The Morgan fingerprint density at radius 2 is 1.90 bits per heavy atom. The average molecular weight is 515 g/mol. The van der Waals surface area contributed by atoms with Gasteiger partial charge in [-0.2, -0.15) is 0 Å². The second-order valence-electron chi connectivity index (χ2n) is 7.84. The molecule has 164 valence electrons. The molecule has 1 aromatic carbocycles. The van der Waals surface area contributed by atoms with Gasteiger partial charge in [0.05, 0.1) is 6.04 Å². The molecule has 1 aliphatic rings. The van der Waals surface area contributed by atoms with Crippen molar-refractivity contribution in [2.75, 3.05) is 40.3 Å². The molecule has 1 saturated heterocycles. The summed E-state index contributed by atoms with van der Waals surface area (Å²) in [5, 5.41) is 7.04. The lowest BCUT2D eigenvalue weighted by atomic mass is 10.0. The van der Waals surface area contributed by atoms with Gasteiger partial charge in [0.2, 0.25) is 5.91 Å². The summed E-state index contributed by atoms with van der Waals surface area (Å²) in [4.78, 5) is 20.7. The van der Waals surface area contributed by atoms with Crippen LogP contribution in [0.4, 0.5) is 0 Å². The summed E-state index contributed by atoms with van der Waals surface area (Å²) in [6.07, 6.45) is 4.72. The van der Waals surface area contributed by atoms with Crippen LogP contribution in [0.25, 0.3) is 0 Å². The molecule has 0 bridgehead atoms. The zero-order valence-corrected chi connectivity index (χ0v) is 20.7. The Balaban J connectivity index is 0.00000420. The van der Waals surface area contributed by atoms with Crippen LogP contribution in [0.1, 0.15) is 51.1 Å². The summed E-state index contributed by atoms with van der Waals surface area (Å²) in [6, 6.07) is 10.8. The van der Waals surface area contributed by atoms with Crippen LogP contribution in [-0.4, -0.2) is 68.0 Å². The molecule has 1 fully saturated rings. The molecule has 6 nitrogen and oxygen atoms in total. The minimum absolute atomic E-state index is 0. The van der Waals surface area contributed by atoms with Gasteiger partial charge in [0.1, 0.15) is 6.54 Å². The number of likely N-dealkylation sites (tertiary alicyclic amines) is 1. The van der Waals surface area contributed by atoms with Crippen LogP contribution < -0.4 is 10.6 Å². The quantitative estimate of drug-likeness (QED) is 0.317. The van der Waals surface area contributed by atoms with Gasteiger partial charge in [0, 0.05) is 33.2 Å². The highest BCUT2D eigenvalue weighted by atomic mass is 127. The van der Waals surface area contributed by atoms with Crippen LogP contribution in [0.3, 0.4) is 0 Å². The number of halogens is 1. The summed E-state index contributed by atoms with van der Waals surface area (Å²) >= 11 is 0. The number of nitrogens with zero attached hydrogens (tertiary/aromatic N) is 3. The SMILES string of the molecule is CCCCN1CCC(NC(=NCC(=O)N(C)C)NC(C)c2ccccc2)CC1.I. The van der Waals surface area contributed by atoms with Crippen LogP contribution >= 0.6 is 24.0 Å². The van der Waals surface area contributed by atoms with Gasteiger partial charge < -0.3 is 20.4 Å². The number of unbranched alkanes of at least 4 members (excludes halogenated alkanes) is 1. The predicted octanol–water partition coefficient (Wildman–Crippen LogP) is 3.25. The van der Waals surface area contributed by atoms with Gasteiger partial charge in [-0.3, -0.25) is 4.79 Å². The van der Waals surface area contributed by atoms with Gasteiger partial charge in [-0.15, -0.1) is 24.0 Å². The molecule has 0 radical (unpaired) electrons. The van der Waals surface area contributed by atoms with E-state index in [0.717, 1.165) is 31.9 Å². The number of hydrogen-bond donors (Lipinski definition) is 2. The minimum atomic E-state index is 0. The first-order valence-electron chi connectivity index (χ1n) is 10.5. The third-order valence-corrected chi connectivity index (χ3v) is 5.28. The van der Waals surface area contributed by atoms with E-state index in [-0.39, 0.29) is 42.5 Å². The summed E-state index contributed by atoms with van der Waals surface area (Å²) in [7, 11) is 3.52. The Bertz CT molecular complexity index is 615. The van der Waals surface area contributed by atoms with E-state index in [1.165, 1.54) is 24.9 Å². The molecular formula is C22H38IN5O. The molecule has 1 amide bonds. The van der Waals surface area contributed by atoms with E-state index < -0.39 is 0 Å². The molecule has 0 spiro atoms. The third kappa shape index (κ3) is 9.33. The number of carbonyl (C=O) groups is 1. The Kier molecular flexibility index (Phi) is 12.2. The fourth-order valence-electron chi connectivity index (χ4n) is 3.33. The van der Waals surface area contributed by atoms with Crippen molar-refractivity contribution in [2.24, 2.45) is 4.99 Å². The molecule has 1 atom stereocenters. The van der Waals surface area contributed by atoms with Crippen molar-refractivity contribution in [2.45, 2.75) is 51.6 Å². The zero-order valence-electron chi connectivity index (χ0n) is 18.4.